The highest BCUT2D eigenvalue weighted by molar-refractivity contribution is 5.68. The average Bonchev–Trinajstić information content (AvgIpc) is 2.49. The van der Waals surface area contributed by atoms with Crippen molar-refractivity contribution < 1.29 is 9.13 Å². The number of rotatable bonds is 2. The zero-order valence-electron chi connectivity index (χ0n) is 10.6. The second kappa shape index (κ2) is 5.36. The van der Waals surface area contributed by atoms with Gasteiger partial charge in [-0.2, -0.15) is 0 Å². The Bertz CT molecular complexity index is 568. The van der Waals surface area contributed by atoms with Crippen molar-refractivity contribution in [3.8, 4) is 11.1 Å². The summed E-state index contributed by atoms with van der Waals surface area (Å²) in [7, 11) is 0. The molecule has 0 bridgehead atoms. The molecule has 4 heteroatoms. The van der Waals surface area contributed by atoms with Crippen LogP contribution in [0.3, 0.4) is 0 Å². The lowest BCUT2D eigenvalue weighted by Crippen LogP contribution is -2.36. The number of pyridine rings is 1. The number of halogens is 1. The number of morpholine rings is 1. The highest BCUT2D eigenvalue weighted by Crippen LogP contribution is 2.26. The Balaban J connectivity index is 1.93. The first-order valence-corrected chi connectivity index (χ1v) is 6.37. The SMILES string of the molecule is Fc1cnccc1-c1cccc(N2CCOCC2)c1. The Labute approximate surface area is 111 Å². The molecule has 3 nitrogen and oxygen atoms in total. The molecule has 0 spiro atoms. The summed E-state index contributed by atoms with van der Waals surface area (Å²) in [5.74, 6) is -0.290. The van der Waals surface area contributed by atoms with E-state index < -0.39 is 0 Å². The predicted molar refractivity (Wildman–Crippen MR) is 72.7 cm³/mol. The third kappa shape index (κ3) is 2.58. The van der Waals surface area contributed by atoms with E-state index in [0.717, 1.165) is 37.6 Å². The summed E-state index contributed by atoms with van der Waals surface area (Å²) >= 11 is 0. The van der Waals surface area contributed by atoms with E-state index in [4.69, 9.17) is 4.74 Å². The number of aromatic nitrogens is 1. The minimum Gasteiger partial charge on any atom is -0.378 e. The van der Waals surface area contributed by atoms with E-state index in [1.807, 2.05) is 24.3 Å². The Morgan fingerprint density at radius 1 is 1.16 bits per heavy atom. The standard InChI is InChI=1S/C15H15FN2O/c16-15-11-17-5-4-14(15)12-2-1-3-13(10-12)18-6-8-19-9-7-18/h1-5,10-11H,6-9H2. The average molecular weight is 258 g/mol. The van der Waals surface area contributed by atoms with Crippen LogP contribution >= 0.6 is 0 Å². The molecule has 2 aromatic rings. The second-order valence-corrected chi connectivity index (χ2v) is 4.51. The van der Waals surface area contributed by atoms with Gasteiger partial charge in [-0.3, -0.25) is 4.98 Å². The zero-order valence-corrected chi connectivity index (χ0v) is 10.6. The molecular formula is C15H15FN2O. The molecule has 0 unspecified atom stereocenters. The largest absolute Gasteiger partial charge is 0.378 e. The summed E-state index contributed by atoms with van der Waals surface area (Å²) < 4.78 is 19.1. The topological polar surface area (TPSA) is 25.4 Å². The number of hydrogen-bond donors (Lipinski definition) is 0. The Morgan fingerprint density at radius 3 is 2.79 bits per heavy atom. The third-order valence-corrected chi connectivity index (χ3v) is 3.31. The van der Waals surface area contributed by atoms with Crippen molar-refractivity contribution in [3.63, 3.8) is 0 Å². The van der Waals surface area contributed by atoms with E-state index in [2.05, 4.69) is 9.88 Å². The summed E-state index contributed by atoms with van der Waals surface area (Å²) in [4.78, 5) is 6.04. The molecule has 1 aromatic heterocycles. The maximum Gasteiger partial charge on any atom is 0.149 e. The van der Waals surface area contributed by atoms with Gasteiger partial charge in [0.05, 0.1) is 19.4 Å². The van der Waals surface area contributed by atoms with Gasteiger partial charge in [0.25, 0.3) is 0 Å². The lowest BCUT2D eigenvalue weighted by atomic mass is 10.1. The fraction of sp³-hybridized carbons (Fsp3) is 0.267. The number of anilines is 1. The number of nitrogens with zero attached hydrogens (tertiary/aromatic N) is 2. The molecule has 19 heavy (non-hydrogen) atoms. The summed E-state index contributed by atoms with van der Waals surface area (Å²) in [5, 5.41) is 0. The van der Waals surface area contributed by atoms with Crippen LogP contribution in [0.5, 0.6) is 0 Å². The van der Waals surface area contributed by atoms with Crippen molar-refractivity contribution in [1.82, 2.24) is 4.98 Å². The van der Waals surface area contributed by atoms with Crippen molar-refractivity contribution in [3.05, 3.63) is 48.5 Å². The van der Waals surface area contributed by atoms with Gasteiger partial charge in [0.15, 0.2) is 0 Å². The van der Waals surface area contributed by atoms with Crippen LogP contribution < -0.4 is 4.90 Å². The molecule has 1 saturated heterocycles. The van der Waals surface area contributed by atoms with Gasteiger partial charge in [0.2, 0.25) is 0 Å². The molecule has 0 aliphatic carbocycles. The van der Waals surface area contributed by atoms with E-state index >= 15 is 0 Å². The van der Waals surface area contributed by atoms with Gasteiger partial charge in [-0.25, -0.2) is 4.39 Å². The Hall–Kier alpha value is -1.94. The van der Waals surface area contributed by atoms with E-state index in [9.17, 15) is 4.39 Å². The maximum atomic E-state index is 13.8. The summed E-state index contributed by atoms with van der Waals surface area (Å²) in [6.45, 7) is 3.24. The first-order valence-electron chi connectivity index (χ1n) is 6.37. The smallest absolute Gasteiger partial charge is 0.149 e. The molecule has 0 amide bonds. The molecule has 1 fully saturated rings. The van der Waals surface area contributed by atoms with Crippen molar-refractivity contribution >= 4 is 5.69 Å². The molecule has 0 N–H and O–H groups in total. The van der Waals surface area contributed by atoms with E-state index in [-0.39, 0.29) is 5.82 Å². The van der Waals surface area contributed by atoms with E-state index in [0.29, 0.717) is 5.56 Å². The van der Waals surface area contributed by atoms with Gasteiger partial charge in [-0.05, 0) is 23.8 Å². The number of benzene rings is 1. The van der Waals surface area contributed by atoms with Crippen molar-refractivity contribution in [2.24, 2.45) is 0 Å². The van der Waals surface area contributed by atoms with Crippen LogP contribution in [-0.2, 0) is 4.74 Å². The lowest BCUT2D eigenvalue weighted by Gasteiger charge is -2.29. The van der Waals surface area contributed by atoms with Crippen LogP contribution in [0.2, 0.25) is 0 Å². The Morgan fingerprint density at radius 2 is 2.00 bits per heavy atom. The Kier molecular flexibility index (Phi) is 3.42. The van der Waals surface area contributed by atoms with Crippen molar-refractivity contribution in [2.45, 2.75) is 0 Å². The molecule has 1 aliphatic rings. The molecular weight excluding hydrogens is 243 g/mol. The van der Waals surface area contributed by atoms with Gasteiger partial charge >= 0.3 is 0 Å². The maximum absolute atomic E-state index is 13.8. The number of ether oxygens (including phenoxy) is 1. The summed E-state index contributed by atoms with van der Waals surface area (Å²) in [6, 6.07) is 9.65. The lowest BCUT2D eigenvalue weighted by molar-refractivity contribution is 0.122. The number of hydrogen-bond acceptors (Lipinski definition) is 3. The molecule has 1 aromatic carbocycles. The second-order valence-electron chi connectivity index (χ2n) is 4.51. The molecule has 0 saturated carbocycles. The van der Waals surface area contributed by atoms with Gasteiger partial charge in [-0.15, -0.1) is 0 Å². The van der Waals surface area contributed by atoms with Crippen LogP contribution in [0.1, 0.15) is 0 Å². The summed E-state index contributed by atoms with van der Waals surface area (Å²) in [6.07, 6.45) is 2.86. The minimum absolute atomic E-state index is 0.290. The van der Waals surface area contributed by atoms with Gasteiger partial charge in [0.1, 0.15) is 5.82 Å². The van der Waals surface area contributed by atoms with Crippen molar-refractivity contribution in [1.29, 1.82) is 0 Å². The highest BCUT2D eigenvalue weighted by Gasteiger charge is 2.12. The van der Waals surface area contributed by atoms with Crippen molar-refractivity contribution in [2.75, 3.05) is 31.2 Å². The molecule has 2 heterocycles. The van der Waals surface area contributed by atoms with Crippen LogP contribution in [0.15, 0.2) is 42.7 Å². The molecule has 1 aliphatic heterocycles. The normalized spacial score (nSPS) is 15.5. The molecule has 3 rings (SSSR count). The highest BCUT2D eigenvalue weighted by atomic mass is 19.1. The fourth-order valence-corrected chi connectivity index (χ4v) is 2.30. The van der Waals surface area contributed by atoms with Crippen LogP contribution in [0.4, 0.5) is 10.1 Å². The van der Waals surface area contributed by atoms with E-state index in [1.165, 1.54) is 6.20 Å². The minimum atomic E-state index is -0.290. The zero-order chi connectivity index (χ0) is 13.1. The fourth-order valence-electron chi connectivity index (χ4n) is 2.30. The first kappa shape index (κ1) is 12.1. The summed E-state index contributed by atoms with van der Waals surface area (Å²) in [5.41, 5.74) is 2.58. The monoisotopic (exact) mass is 258 g/mol. The van der Waals surface area contributed by atoms with Gasteiger partial charge < -0.3 is 9.64 Å². The molecule has 98 valence electrons. The predicted octanol–water partition coefficient (Wildman–Crippen LogP) is 2.72. The van der Waals surface area contributed by atoms with Gasteiger partial charge in [0, 0.05) is 30.5 Å². The quantitative estimate of drug-likeness (QED) is 0.828. The van der Waals surface area contributed by atoms with Crippen LogP contribution in [0, 0.1) is 5.82 Å². The van der Waals surface area contributed by atoms with E-state index in [1.54, 1.807) is 12.3 Å². The van der Waals surface area contributed by atoms with Crippen LogP contribution in [0.25, 0.3) is 11.1 Å². The van der Waals surface area contributed by atoms with Crippen LogP contribution in [-0.4, -0.2) is 31.3 Å². The third-order valence-electron chi connectivity index (χ3n) is 3.31. The molecule has 0 atom stereocenters. The molecule has 0 radical (unpaired) electrons. The van der Waals surface area contributed by atoms with Gasteiger partial charge in [-0.1, -0.05) is 12.1 Å². The first-order chi connectivity index (χ1) is 9.34.